The van der Waals surface area contributed by atoms with Crippen LogP contribution in [0.5, 0.6) is 0 Å². The fraction of sp³-hybridized carbons (Fsp3) is 0.100. The number of hydrogen-bond donors (Lipinski definition) is 0. The smallest absolute Gasteiger partial charge is 0.218 e. The van der Waals surface area contributed by atoms with Crippen LogP contribution >= 0.6 is 46.4 Å². The van der Waals surface area contributed by atoms with Crippen LogP contribution in [0, 0.1) is 0 Å². The number of alkyl halides is 3. The van der Waals surface area contributed by atoms with Gasteiger partial charge in [-0.2, -0.15) is 0 Å². The lowest BCUT2D eigenvalue weighted by Gasteiger charge is -2.13. The van der Waals surface area contributed by atoms with E-state index in [2.05, 4.69) is 4.98 Å². The van der Waals surface area contributed by atoms with Crippen molar-refractivity contribution < 1.29 is 0 Å². The zero-order valence-corrected chi connectivity index (χ0v) is 10.4. The van der Waals surface area contributed by atoms with Crippen molar-refractivity contribution in [1.82, 2.24) is 4.98 Å². The SMILES string of the molecule is Clc1ccc2cccc(C(Cl)(Cl)Cl)c2n1. The number of benzene rings is 1. The Labute approximate surface area is 107 Å². The minimum atomic E-state index is -1.49. The zero-order chi connectivity index (χ0) is 11.1. The highest BCUT2D eigenvalue weighted by molar-refractivity contribution is 6.67. The fourth-order valence-electron chi connectivity index (χ4n) is 1.35. The van der Waals surface area contributed by atoms with E-state index in [1.54, 1.807) is 12.1 Å². The largest absolute Gasteiger partial charge is 0.236 e. The first-order chi connectivity index (χ1) is 6.98. The van der Waals surface area contributed by atoms with Gasteiger partial charge in [-0.15, -0.1) is 0 Å². The van der Waals surface area contributed by atoms with Gasteiger partial charge in [0, 0.05) is 10.9 Å². The van der Waals surface area contributed by atoms with Crippen molar-refractivity contribution >= 4 is 57.3 Å². The van der Waals surface area contributed by atoms with Gasteiger partial charge in [0.05, 0.1) is 5.52 Å². The molecule has 0 atom stereocenters. The quantitative estimate of drug-likeness (QED) is 0.503. The van der Waals surface area contributed by atoms with Crippen LogP contribution in [-0.4, -0.2) is 4.98 Å². The molecular weight excluding hydrogens is 276 g/mol. The highest BCUT2D eigenvalue weighted by Gasteiger charge is 2.25. The van der Waals surface area contributed by atoms with Crippen LogP contribution in [0.25, 0.3) is 10.9 Å². The highest BCUT2D eigenvalue weighted by Crippen LogP contribution is 2.41. The first-order valence-electron chi connectivity index (χ1n) is 4.11. The third kappa shape index (κ3) is 2.31. The van der Waals surface area contributed by atoms with Crippen molar-refractivity contribution in [3.05, 3.63) is 41.0 Å². The van der Waals surface area contributed by atoms with Crippen molar-refractivity contribution in [2.45, 2.75) is 3.79 Å². The predicted octanol–water partition coefficient (Wildman–Crippen LogP) is 4.71. The molecule has 1 heterocycles. The number of rotatable bonds is 0. The Hall–Kier alpha value is -0.210. The summed E-state index contributed by atoms with van der Waals surface area (Å²) in [6.45, 7) is 0. The Morgan fingerprint density at radius 3 is 2.40 bits per heavy atom. The number of nitrogens with zero attached hydrogens (tertiary/aromatic N) is 1. The highest BCUT2D eigenvalue weighted by atomic mass is 35.6. The van der Waals surface area contributed by atoms with Crippen LogP contribution in [0.4, 0.5) is 0 Å². The summed E-state index contributed by atoms with van der Waals surface area (Å²) in [4.78, 5) is 4.15. The van der Waals surface area contributed by atoms with Gasteiger partial charge >= 0.3 is 0 Å². The van der Waals surface area contributed by atoms with Crippen molar-refractivity contribution in [2.75, 3.05) is 0 Å². The molecule has 1 aromatic carbocycles. The molecular formula is C10H5Cl4N. The number of pyridine rings is 1. The molecule has 0 unspecified atom stereocenters. The summed E-state index contributed by atoms with van der Waals surface area (Å²) in [5, 5.41) is 1.27. The third-order valence-corrected chi connectivity index (χ3v) is 2.81. The molecule has 0 aliphatic heterocycles. The molecule has 1 nitrogen and oxygen atoms in total. The lowest BCUT2D eigenvalue weighted by molar-refractivity contribution is 1.24. The maximum absolute atomic E-state index is 5.84. The van der Waals surface area contributed by atoms with Gasteiger partial charge in [0.25, 0.3) is 0 Å². The summed E-state index contributed by atoms with van der Waals surface area (Å²) in [5.41, 5.74) is 1.15. The van der Waals surface area contributed by atoms with Crippen molar-refractivity contribution in [3.8, 4) is 0 Å². The van der Waals surface area contributed by atoms with E-state index in [1.165, 1.54) is 0 Å². The molecule has 2 rings (SSSR count). The lowest BCUT2D eigenvalue weighted by Crippen LogP contribution is -2.02. The summed E-state index contributed by atoms with van der Waals surface area (Å²) >= 11 is 23.3. The molecule has 0 spiro atoms. The second kappa shape index (κ2) is 3.99. The normalized spacial score (nSPS) is 12.0. The Morgan fingerprint density at radius 1 is 1.00 bits per heavy atom. The van der Waals surface area contributed by atoms with E-state index >= 15 is 0 Å². The first-order valence-corrected chi connectivity index (χ1v) is 5.62. The molecule has 0 bridgehead atoms. The van der Waals surface area contributed by atoms with Crippen molar-refractivity contribution in [2.24, 2.45) is 0 Å². The van der Waals surface area contributed by atoms with E-state index in [0.29, 0.717) is 16.2 Å². The molecule has 0 amide bonds. The van der Waals surface area contributed by atoms with Gasteiger partial charge in [0.2, 0.25) is 3.79 Å². The van der Waals surface area contributed by atoms with Crippen LogP contribution < -0.4 is 0 Å². The number of aromatic nitrogens is 1. The van der Waals surface area contributed by atoms with Gasteiger partial charge in [0.1, 0.15) is 5.15 Å². The maximum Gasteiger partial charge on any atom is 0.218 e. The van der Waals surface area contributed by atoms with E-state index in [0.717, 1.165) is 5.39 Å². The Morgan fingerprint density at radius 2 is 1.73 bits per heavy atom. The van der Waals surface area contributed by atoms with E-state index in [-0.39, 0.29) is 0 Å². The van der Waals surface area contributed by atoms with E-state index in [4.69, 9.17) is 46.4 Å². The summed E-state index contributed by atoms with van der Waals surface area (Å²) in [6, 6.07) is 8.96. The van der Waals surface area contributed by atoms with Crippen LogP contribution in [0.1, 0.15) is 5.56 Å². The van der Waals surface area contributed by atoms with Gasteiger partial charge in [-0.25, -0.2) is 4.98 Å². The summed E-state index contributed by atoms with van der Waals surface area (Å²) in [6.07, 6.45) is 0. The maximum atomic E-state index is 5.84. The van der Waals surface area contributed by atoms with Crippen LogP contribution in [-0.2, 0) is 3.79 Å². The first kappa shape index (κ1) is 11.3. The van der Waals surface area contributed by atoms with Crippen LogP contribution in [0.15, 0.2) is 30.3 Å². The fourth-order valence-corrected chi connectivity index (χ4v) is 1.96. The van der Waals surface area contributed by atoms with Gasteiger partial charge in [-0.3, -0.25) is 0 Å². The molecule has 0 saturated carbocycles. The second-order valence-electron chi connectivity index (χ2n) is 3.01. The molecule has 2 aromatic rings. The average Bonchev–Trinajstić information content (AvgIpc) is 2.15. The van der Waals surface area contributed by atoms with Gasteiger partial charge < -0.3 is 0 Å². The summed E-state index contributed by atoms with van der Waals surface area (Å²) < 4.78 is -1.49. The van der Waals surface area contributed by atoms with E-state index < -0.39 is 3.79 Å². The number of para-hydroxylation sites is 1. The predicted molar refractivity (Wildman–Crippen MR) is 66.0 cm³/mol. The molecule has 15 heavy (non-hydrogen) atoms. The number of hydrogen-bond acceptors (Lipinski definition) is 1. The lowest BCUT2D eigenvalue weighted by atomic mass is 10.1. The van der Waals surface area contributed by atoms with E-state index in [1.807, 2.05) is 18.2 Å². The van der Waals surface area contributed by atoms with Gasteiger partial charge in [0.15, 0.2) is 0 Å². The molecule has 0 aliphatic carbocycles. The second-order valence-corrected chi connectivity index (χ2v) is 5.68. The average molecular weight is 281 g/mol. The standard InChI is InChI=1S/C10H5Cl4N/c11-8-5-4-6-2-1-3-7(9(6)15-8)10(12,13)14/h1-5H. The third-order valence-electron chi connectivity index (χ3n) is 1.99. The zero-order valence-electron chi connectivity index (χ0n) is 7.35. The molecule has 0 radical (unpaired) electrons. The topological polar surface area (TPSA) is 12.9 Å². The minimum Gasteiger partial charge on any atom is -0.236 e. The molecule has 1 aromatic heterocycles. The Bertz CT molecular complexity index is 504. The molecule has 0 saturated heterocycles. The van der Waals surface area contributed by atoms with Crippen molar-refractivity contribution in [1.29, 1.82) is 0 Å². The molecule has 78 valence electrons. The Balaban J connectivity index is 2.80. The number of fused-ring (bicyclic) bond motifs is 1. The monoisotopic (exact) mass is 279 g/mol. The molecule has 0 N–H and O–H groups in total. The van der Waals surface area contributed by atoms with Crippen molar-refractivity contribution in [3.63, 3.8) is 0 Å². The Kier molecular flexibility index (Phi) is 3.00. The molecule has 0 aliphatic rings. The van der Waals surface area contributed by atoms with Gasteiger partial charge in [-0.05, 0) is 12.1 Å². The van der Waals surface area contributed by atoms with E-state index in [9.17, 15) is 0 Å². The minimum absolute atomic E-state index is 0.379. The number of halogens is 4. The van der Waals surface area contributed by atoms with Gasteiger partial charge in [-0.1, -0.05) is 64.6 Å². The van der Waals surface area contributed by atoms with Crippen LogP contribution in [0.3, 0.4) is 0 Å². The van der Waals surface area contributed by atoms with Crippen LogP contribution in [0.2, 0.25) is 5.15 Å². The summed E-state index contributed by atoms with van der Waals surface area (Å²) in [5.74, 6) is 0. The molecule has 0 fully saturated rings. The molecule has 5 heteroatoms. The summed E-state index contributed by atoms with van der Waals surface area (Å²) in [7, 11) is 0.